The van der Waals surface area contributed by atoms with E-state index in [-0.39, 0.29) is 29.3 Å². The van der Waals surface area contributed by atoms with Crippen molar-refractivity contribution in [2.75, 3.05) is 0 Å². The van der Waals surface area contributed by atoms with Gasteiger partial charge in [-0.3, -0.25) is 9.59 Å². The Morgan fingerprint density at radius 2 is 1.83 bits per heavy atom. The molecule has 0 aromatic carbocycles. The summed E-state index contributed by atoms with van der Waals surface area (Å²) in [6.07, 6.45) is 1.53. The molecule has 0 spiro atoms. The van der Waals surface area contributed by atoms with E-state index in [1.54, 1.807) is 4.90 Å². The maximum atomic E-state index is 12.6. The molecule has 2 amide bonds. The molecule has 1 saturated heterocycles. The smallest absolute Gasteiger partial charge is 0.246 e. The third-order valence-corrected chi connectivity index (χ3v) is 3.74. The van der Waals surface area contributed by atoms with Crippen LogP contribution < -0.4 is 5.32 Å². The number of hydrogen-bond donors (Lipinski definition) is 1. The van der Waals surface area contributed by atoms with Crippen LogP contribution in [0.4, 0.5) is 0 Å². The molecule has 3 atom stereocenters. The van der Waals surface area contributed by atoms with Gasteiger partial charge in [-0.05, 0) is 25.2 Å². The Labute approximate surface area is 110 Å². The summed E-state index contributed by atoms with van der Waals surface area (Å²) in [7, 11) is 0. The van der Waals surface area contributed by atoms with Gasteiger partial charge in [-0.15, -0.1) is 0 Å². The highest BCUT2D eigenvalue weighted by Gasteiger charge is 2.45. The zero-order valence-corrected chi connectivity index (χ0v) is 12.4. The van der Waals surface area contributed by atoms with Gasteiger partial charge in [0.1, 0.15) is 12.1 Å². The van der Waals surface area contributed by atoms with Crippen LogP contribution in [0.3, 0.4) is 0 Å². The molecule has 0 saturated carbocycles. The summed E-state index contributed by atoms with van der Waals surface area (Å²) < 4.78 is 0. The van der Waals surface area contributed by atoms with Crippen LogP contribution in [0.5, 0.6) is 0 Å². The van der Waals surface area contributed by atoms with E-state index in [2.05, 4.69) is 5.32 Å². The van der Waals surface area contributed by atoms with Gasteiger partial charge in [0.05, 0.1) is 0 Å². The van der Waals surface area contributed by atoms with Gasteiger partial charge >= 0.3 is 0 Å². The predicted octanol–water partition coefficient (Wildman–Crippen LogP) is 1.94. The lowest BCUT2D eigenvalue weighted by molar-refractivity contribution is -0.155. The van der Waals surface area contributed by atoms with Crippen molar-refractivity contribution in [2.45, 2.75) is 72.5 Å². The number of amides is 2. The molecule has 104 valence electrons. The lowest BCUT2D eigenvalue weighted by Crippen LogP contribution is -2.68. The van der Waals surface area contributed by atoms with Crippen molar-refractivity contribution >= 4 is 11.8 Å². The zero-order chi connectivity index (χ0) is 14.1. The highest BCUT2D eigenvalue weighted by molar-refractivity contribution is 5.97. The first-order valence-corrected chi connectivity index (χ1v) is 6.86. The first-order valence-electron chi connectivity index (χ1n) is 6.86. The van der Waals surface area contributed by atoms with Gasteiger partial charge in [0.25, 0.3) is 0 Å². The molecule has 0 aromatic heterocycles. The Balaban J connectivity index is 3.09. The molecule has 0 bridgehead atoms. The van der Waals surface area contributed by atoms with Crippen LogP contribution in [0.1, 0.15) is 54.4 Å². The summed E-state index contributed by atoms with van der Waals surface area (Å²) in [6.45, 7) is 12.0. The third-order valence-electron chi connectivity index (χ3n) is 3.74. The normalized spacial score (nSPS) is 27.1. The monoisotopic (exact) mass is 254 g/mol. The molecule has 3 unspecified atom stereocenters. The van der Waals surface area contributed by atoms with E-state index in [9.17, 15) is 9.59 Å². The van der Waals surface area contributed by atoms with Crippen molar-refractivity contribution in [1.29, 1.82) is 0 Å². The number of hydrogen-bond acceptors (Lipinski definition) is 2. The molecule has 1 rings (SSSR count). The third kappa shape index (κ3) is 2.68. The summed E-state index contributed by atoms with van der Waals surface area (Å²) in [6, 6.07) is -0.619. The second kappa shape index (κ2) is 5.29. The Hall–Kier alpha value is -1.06. The molecule has 4 heteroatoms. The molecule has 18 heavy (non-hydrogen) atoms. The quantitative estimate of drug-likeness (QED) is 0.836. The van der Waals surface area contributed by atoms with Crippen LogP contribution >= 0.6 is 0 Å². The maximum absolute atomic E-state index is 12.6. The average Bonchev–Trinajstić information content (AvgIpc) is 2.28. The lowest BCUT2D eigenvalue weighted by atomic mass is 9.83. The summed E-state index contributed by atoms with van der Waals surface area (Å²) in [5.41, 5.74) is -0.253. The zero-order valence-electron chi connectivity index (χ0n) is 12.4. The number of nitrogens with zero attached hydrogens (tertiary/aromatic N) is 1. The number of nitrogens with one attached hydrogen (secondary N) is 1. The maximum Gasteiger partial charge on any atom is 0.246 e. The second-order valence-electron chi connectivity index (χ2n) is 6.23. The Kier molecular flexibility index (Phi) is 4.41. The minimum absolute atomic E-state index is 0.0164. The topological polar surface area (TPSA) is 49.4 Å². The van der Waals surface area contributed by atoms with Crippen molar-refractivity contribution in [2.24, 2.45) is 5.41 Å². The van der Waals surface area contributed by atoms with Gasteiger partial charge in [-0.25, -0.2) is 0 Å². The standard InChI is InChI=1S/C14H26N2O2/c1-7-9(3)16-10(8-2)12(17)15-11(13(16)18)14(4,5)6/h9-11H,7-8H2,1-6H3,(H,15,17). The summed E-state index contributed by atoms with van der Waals surface area (Å²) in [5.74, 6) is 0.0422. The minimum atomic E-state index is -0.415. The largest absolute Gasteiger partial charge is 0.342 e. The SMILES string of the molecule is CCC(C)N1C(=O)C(C(C)(C)C)NC(=O)C1CC. The van der Waals surface area contributed by atoms with Gasteiger partial charge in [-0.2, -0.15) is 0 Å². The van der Waals surface area contributed by atoms with Crippen molar-refractivity contribution in [1.82, 2.24) is 10.2 Å². The molecule has 1 fully saturated rings. The van der Waals surface area contributed by atoms with E-state index in [4.69, 9.17) is 0 Å². The van der Waals surface area contributed by atoms with Gasteiger partial charge < -0.3 is 10.2 Å². The molecular formula is C14H26N2O2. The first kappa shape index (κ1) is 15.0. The highest BCUT2D eigenvalue weighted by atomic mass is 16.2. The van der Waals surface area contributed by atoms with Crippen LogP contribution in [-0.2, 0) is 9.59 Å². The molecule has 1 aliphatic heterocycles. The Bertz CT molecular complexity index is 333. The Morgan fingerprint density at radius 1 is 1.28 bits per heavy atom. The number of piperazine rings is 1. The van der Waals surface area contributed by atoms with E-state index < -0.39 is 6.04 Å². The summed E-state index contributed by atoms with van der Waals surface area (Å²) in [4.78, 5) is 26.5. The van der Waals surface area contributed by atoms with Crippen LogP contribution in [-0.4, -0.2) is 34.8 Å². The number of rotatable bonds is 3. The van der Waals surface area contributed by atoms with Crippen LogP contribution in [0.2, 0.25) is 0 Å². The second-order valence-corrected chi connectivity index (χ2v) is 6.23. The van der Waals surface area contributed by atoms with Gasteiger partial charge in [0.2, 0.25) is 11.8 Å². The molecular weight excluding hydrogens is 228 g/mol. The molecule has 0 aromatic rings. The van der Waals surface area contributed by atoms with Gasteiger partial charge in [0.15, 0.2) is 0 Å². The number of carbonyl (C=O) groups is 2. The summed E-state index contributed by atoms with van der Waals surface area (Å²) >= 11 is 0. The van der Waals surface area contributed by atoms with Crippen LogP contribution in [0.15, 0.2) is 0 Å². The average molecular weight is 254 g/mol. The fourth-order valence-electron chi connectivity index (χ4n) is 2.42. The highest BCUT2D eigenvalue weighted by Crippen LogP contribution is 2.27. The minimum Gasteiger partial charge on any atom is -0.342 e. The predicted molar refractivity (Wildman–Crippen MR) is 72.1 cm³/mol. The van der Waals surface area contributed by atoms with Gasteiger partial charge in [0, 0.05) is 6.04 Å². The lowest BCUT2D eigenvalue weighted by Gasteiger charge is -2.45. The molecule has 0 radical (unpaired) electrons. The van der Waals surface area contributed by atoms with Crippen molar-refractivity contribution in [3.05, 3.63) is 0 Å². The number of carbonyl (C=O) groups excluding carboxylic acids is 2. The van der Waals surface area contributed by atoms with Crippen molar-refractivity contribution in [3.63, 3.8) is 0 Å². The molecule has 1 heterocycles. The first-order chi connectivity index (χ1) is 8.23. The van der Waals surface area contributed by atoms with E-state index in [0.29, 0.717) is 6.42 Å². The molecule has 4 nitrogen and oxygen atoms in total. The van der Waals surface area contributed by atoms with Crippen LogP contribution in [0.25, 0.3) is 0 Å². The van der Waals surface area contributed by atoms with Gasteiger partial charge in [-0.1, -0.05) is 34.6 Å². The van der Waals surface area contributed by atoms with E-state index >= 15 is 0 Å². The molecule has 0 aliphatic carbocycles. The summed E-state index contributed by atoms with van der Waals surface area (Å²) in [5, 5.41) is 2.89. The fourth-order valence-corrected chi connectivity index (χ4v) is 2.42. The fraction of sp³-hybridized carbons (Fsp3) is 0.857. The van der Waals surface area contributed by atoms with E-state index in [1.807, 2.05) is 41.5 Å². The molecule has 1 N–H and O–H groups in total. The van der Waals surface area contributed by atoms with Crippen molar-refractivity contribution in [3.8, 4) is 0 Å². The molecule has 1 aliphatic rings. The van der Waals surface area contributed by atoms with Crippen LogP contribution in [0, 0.1) is 5.41 Å². The Morgan fingerprint density at radius 3 is 2.22 bits per heavy atom. The van der Waals surface area contributed by atoms with E-state index in [1.165, 1.54) is 0 Å². The van der Waals surface area contributed by atoms with E-state index in [0.717, 1.165) is 6.42 Å². The van der Waals surface area contributed by atoms with Crippen molar-refractivity contribution < 1.29 is 9.59 Å².